The Balaban J connectivity index is 1.38. The van der Waals surface area contributed by atoms with Crippen LogP contribution < -0.4 is 0 Å². The van der Waals surface area contributed by atoms with Crippen LogP contribution in [0.3, 0.4) is 0 Å². The smallest absolute Gasteiger partial charge is 0.308 e. The van der Waals surface area contributed by atoms with E-state index in [1.54, 1.807) is 16.7 Å². The first kappa shape index (κ1) is 40.3. The zero-order valence-corrected chi connectivity index (χ0v) is 34.1. The van der Waals surface area contributed by atoms with Gasteiger partial charge in [-0.1, -0.05) is 146 Å². The highest BCUT2D eigenvalue weighted by Crippen LogP contribution is 2.49. The number of rotatable bonds is 7. The van der Waals surface area contributed by atoms with Crippen molar-refractivity contribution in [3.05, 3.63) is 211 Å². The van der Waals surface area contributed by atoms with E-state index < -0.39 is 23.5 Å². The van der Waals surface area contributed by atoms with Crippen molar-refractivity contribution >= 4 is 21.8 Å². The second-order valence-corrected chi connectivity index (χ2v) is 15.6. The summed E-state index contributed by atoms with van der Waals surface area (Å²) >= 11 is 0. The van der Waals surface area contributed by atoms with Gasteiger partial charge >= 0.3 is 12.4 Å². The fourth-order valence-corrected chi connectivity index (χ4v) is 8.71. The number of hydrogen-bond donors (Lipinski definition) is 0. The minimum atomic E-state index is -4.83. The summed E-state index contributed by atoms with van der Waals surface area (Å²) in [6.45, 7) is 2.02. The van der Waals surface area contributed by atoms with Gasteiger partial charge in [0.1, 0.15) is 0 Å². The lowest BCUT2D eigenvalue weighted by atomic mass is 9.88. The van der Waals surface area contributed by atoms with Crippen LogP contribution in [-0.4, -0.2) is 14.5 Å². The van der Waals surface area contributed by atoms with Crippen LogP contribution in [0, 0.1) is 6.92 Å². The number of fused-ring (bicyclic) bond motifs is 3. The maximum atomic E-state index is 15.3. The molecule has 0 saturated heterocycles. The Hall–Kier alpha value is -7.78. The lowest BCUT2D eigenvalue weighted by Gasteiger charge is -2.24. The number of alkyl halides is 6. The highest BCUT2D eigenvalue weighted by atomic mass is 19.4. The van der Waals surface area contributed by atoms with Gasteiger partial charge in [-0.3, -0.25) is 0 Å². The van der Waals surface area contributed by atoms with Crippen LogP contribution in [0.5, 0.6) is 0 Å². The molecule has 3 nitrogen and oxygen atoms in total. The van der Waals surface area contributed by atoms with Gasteiger partial charge in [0.2, 0.25) is 0 Å². The molecule has 2 heterocycles. The average Bonchev–Trinajstić information content (AvgIpc) is 3.64. The molecule has 10 aromatic rings. The van der Waals surface area contributed by atoms with Gasteiger partial charge in [-0.15, -0.1) is 0 Å². The number of aromatic nitrogens is 3. The van der Waals surface area contributed by atoms with E-state index in [-0.39, 0.29) is 39.3 Å². The Morgan fingerprint density at radius 2 is 0.844 bits per heavy atom. The lowest BCUT2D eigenvalue weighted by Crippen LogP contribution is -2.11. The summed E-state index contributed by atoms with van der Waals surface area (Å²) in [5.74, 6) is 0.119. The largest absolute Gasteiger partial charge is 0.417 e. The lowest BCUT2D eigenvalue weighted by molar-refractivity contribution is -0.137. The monoisotopic (exact) mass is 851 g/mol. The van der Waals surface area contributed by atoms with Crippen molar-refractivity contribution in [2.75, 3.05) is 0 Å². The maximum Gasteiger partial charge on any atom is 0.417 e. The minimum Gasteiger partial charge on any atom is -0.308 e. The first-order valence-electron chi connectivity index (χ1n) is 20.5. The van der Waals surface area contributed by atoms with Crippen LogP contribution in [0.25, 0.3) is 94.8 Å². The second kappa shape index (κ2) is 15.8. The third-order valence-corrected chi connectivity index (χ3v) is 11.6. The molecule has 0 fully saturated rings. The molecule has 9 heteroatoms. The number of nitrogens with zero attached hydrogens (tertiary/aromatic N) is 3. The van der Waals surface area contributed by atoms with E-state index in [4.69, 9.17) is 9.97 Å². The topological polar surface area (TPSA) is 30.7 Å². The summed E-state index contributed by atoms with van der Waals surface area (Å²) in [5.41, 5.74) is 4.80. The minimum absolute atomic E-state index is 0.0398. The molecule has 0 saturated carbocycles. The highest BCUT2D eigenvalue weighted by Gasteiger charge is 2.37. The van der Waals surface area contributed by atoms with Crippen molar-refractivity contribution in [3.63, 3.8) is 0 Å². The van der Waals surface area contributed by atoms with Crippen molar-refractivity contribution in [1.29, 1.82) is 0 Å². The third kappa shape index (κ3) is 7.28. The Morgan fingerprint density at radius 3 is 1.39 bits per heavy atom. The number of aryl methyl sites for hydroxylation is 1. The van der Waals surface area contributed by atoms with Crippen LogP contribution in [0.2, 0.25) is 0 Å². The molecule has 0 aliphatic carbocycles. The first-order valence-corrected chi connectivity index (χ1v) is 20.5. The zero-order valence-electron chi connectivity index (χ0n) is 34.1. The van der Waals surface area contributed by atoms with Crippen LogP contribution in [0.1, 0.15) is 16.7 Å². The summed E-state index contributed by atoms with van der Waals surface area (Å²) in [4.78, 5) is 9.97. The SMILES string of the molecule is Cc1ccccc1-c1ccc2c(c1)c1ccccc1n2-c1c(-c2ccccc2C(F)(F)F)cc(-c2nc(-c3ccccc3)cc(-c3ccccc3)n2)cc1-c1ccccc1C(F)(F)F. The molecule has 10 rings (SSSR count). The number of halogens is 6. The summed E-state index contributed by atoms with van der Waals surface area (Å²) in [6, 6.07) is 55.3. The van der Waals surface area contributed by atoms with E-state index >= 15 is 26.3 Å². The normalized spacial score (nSPS) is 12.0. The zero-order chi connectivity index (χ0) is 44.2. The van der Waals surface area contributed by atoms with Gasteiger partial charge in [0.05, 0.1) is 39.2 Å². The molecular formula is C55H35F6N3. The average molecular weight is 852 g/mol. The second-order valence-electron chi connectivity index (χ2n) is 15.6. The van der Waals surface area contributed by atoms with Crippen molar-refractivity contribution < 1.29 is 26.3 Å². The molecule has 0 spiro atoms. The van der Waals surface area contributed by atoms with E-state index in [1.165, 1.54) is 36.4 Å². The molecule has 0 bridgehead atoms. The number of benzene rings is 8. The van der Waals surface area contributed by atoms with Crippen molar-refractivity contribution in [2.24, 2.45) is 0 Å². The molecule has 2 aromatic heterocycles. The fraction of sp³-hybridized carbons (Fsp3) is 0.0545. The molecule has 312 valence electrons. The Bertz CT molecular complexity index is 3230. The first-order chi connectivity index (χ1) is 30.9. The van der Waals surface area contributed by atoms with Crippen LogP contribution >= 0.6 is 0 Å². The fourth-order valence-electron chi connectivity index (χ4n) is 8.71. The molecule has 0 radical (unpaired) electrons. The molecule has 64 heavy (non-hydrogen) atoms. The van der Waals surface area contributed by atoms with E-state index in [9.17, 15) is 0 Å². The predicted octanol–water partition coefficient (Wildman–Crippen LogP) is 15.9. The molecular weight excluding hydrogens is 817 g/mol. The van der Waals surface area contributed by atoms with Crippen LogP contribution in [-0.2, 0) is 12.4 Å². The summed E-state index contributed by atoms with van der Waals surface area (Å²) in [7, 11) is 0. The molecule has 0 aliphatic rings. The Kier molecular flexibility index (Phi) is 9.98. The maximum absolute atomic E-state index is 15.3. The van der Waals surface area contributed by atoms with Crippen molar-refractivity contribution in [1.82, 2.24) is 14.5 Å². The molecule has 0 amide bonds. The molecule has 0 atom stereocenters. The van der Waals surface area contributed by atoms with E-state index in [0.29, 0.717) is 22.4 Å². The van der Waals surface area contributed by atoms with Gasteiger partial charge in [0.25, 0.3) is 0 Å². The molecule has 8 aromatic carbocycles. The van der Waals surface area contributed by atoms with Gasteiger partial charge < -0.3 is 4.57 Å². The highest BCUT2D eigenvalue weighted by molar-refractivity contribution is 6.12. The van der Waals surface area contributed by atoms with Crippen LogP contribution in [0.15, 0.2) is 194 Å². The number of hydrogen-bond acceptors (Lipinski definition) is 2. The van der Waals surface area contributed by atoms with E-state index in [0.717, 1.165) is 50.7 Å². The van der Waals surface area contributed by atoms with E-state index in [1.807, 2.05) is 140 Å². The van der Waals surface area contributed by atoms with Crippen molar-refractivity contribution in [3.8, 4) is 73.0 Å². The quantitative estimate of drug-likeness (QED) is 0.150. The van der Waals surface area contributed by atoms with Crippen LogP contribution in [0.4, 0.5) is 26.3 Å². The molecule has 0 aliphatic heterocycles. The van der Waals surface area contributed by atoms with Gasteiger partial charge in [-0.2, -0.15) is 26.3 Å². The standard InChI is InChI=1S/C55H35F6N3/c1-34-16-8-9-21-39(34)37-28-29-51-43(30-37)42-24-12-15-27-50(42)64(51)52-44(40-22-10-13-25-46(40)54(56,57)58)31-38(32-45(52)41-23-11-14-26-47(41)55(59,60)61)53-62-48(35-17-4-2-5-18-35)33-49(63-53)36-19-6-3-7-20-36/h2-33H,1H3. The molecule has 0 unspecified atom stereocenters. The van der Waals surface area contributed by atoms with Gasteiger partial charge in [-0.05, 0) is 83.3 Å². The van der Waals surface area contributed by atoms with Gasteiger partial charge in [0.15, 0.2) is 5.82 Å². The summed E-state index contributed by atoms with van der Waals surface area (Å²) in [5, 5.41) is 1.55. The molecule has 0 N–H and O–H groups in total. The predicted molar refractivity (Wildman–Crippen MR) is 244 cm³/mol. The Morgan fingerprint density at radius 1 is 0.375 bits per heavy atom. The number of para-hydroxylation sites is 1. The van der Waals surface area contributed by atoms with E-state index in [2.05, 4.69) is 0 Å². The Labute approximate surface area is 364 Å². The van der Waals surface area contributed by atoms with Gasteiger partial charge in [0, 0.05) is 38.6 Å². The summed E-state index contributed by atoms with van der Waals surface area (Å²) < 4.78 is 93.7. The van der Waals surface area contributed by atoms with Crippen molar-refractivity contribution in [2.45, 2.75) is 19.3 Å². The third-order valence-electron chi connectivity index (χ3n) is 11.6. The van der Waals surface area contributed by atoms with Gasteiger partial charge in [-0.25, -0.2) is 9.97 Å². The summed E-state index contributed by atoms with van der Waals surface area (Å²) in [6.07, 6.45) is -9.66.